The van der Waals surface area contributed by atoms with Gasteiger partial charge in [0.15, 0.2) is 0 Å². The third-order valence-corrected chi connectivity index (χ3v) is 3.93. The summed E-state index contributed by atoms with van der Waals surface area (Å²) in [4.78, 5) is 16.1. The minimum atomic E-state index is -0.343. The van der Waals surface area contributed by atoms with Crippen molar-refractivity contribution in [3.05, 3.63) is 59.4 Å². The molecule has 2 aromatic carbocycles. The van der Waals surface area contributed by atoms with Gasteiger partial charge in [0.05, 0.1) is 16.8 Å². The van der Waals surface area contributed by atoms with Crippen LogP contribution >= 0.6 is 11.3 Å². The summed E-state index contributed by atoms with van der Waals surface area (Å²) in [6, 6.07) is 13.4. The van der Waals surface area contributed by atoms with Crippen LogP contribution in [0.5, 0.6) is 0 Å². The molecule has 22 heavy (non-hydrogen) atoms. The number of benzene rings is 2. The SMILES string of the molecule is O=C(COCc1nc2ccccc2s1)Nc1ccc(F)cc1. The molecule has 0 saturated heterocycles. The zero-order chi connectivity index (χ0) is 15.4. The smallest absolute Gasteiger partial charge is 0.250 e. The number of rotatable bonds is 5. The topological polar surface area (TPSA) is 51.2 Å². The molecular formula is C16H13FN2O2S. The molecule has 4 nitrogen and oxygen atoms in total. The van der Waals surface area contributed by atoms with Gasteiger partial charge in [-0.1, -0.05) is 12.1 Å². The number of carbonyl (C=O) groups is 1. The first-order chi connectivity index (χ1) is 10.7. The number of nitrogens with zero attached hydrogens (tertiary/aromatic N) is 1. The Morgan fingerprint density at radius 1 is 1.18 bits per heavy atom. The highest BCUT2D eigenvalue weighted by atomic mass is 32.1. The van der Waals surface area contributed by atoms with Crippen LogP contribution in [0.25, 0.3) is 10.2 Å². The lowest BCUT2D eigenvalue weighted by Gasteiger charge is -2.05. The Bertz CT molecular complexity index is 753. The molecule has 3 aromatic rings. The highest BCUT2D eigenvalue weighted by molar-refractivity contribution is 7.18. The zero-order valence-electron chi connectivity index (χ0n) is 11.6. The molecule has 0 aliphatic carbocycles. The van der Waals surface area contributed by atoms with Crippen molar-refractivity contribution in [2.45, 2.75) is 6.61 Å². The Hall–Kier alpha value is -2.31. The maximum atomic E-state index is 12.8. The summed E-state index contributed by atoms with van der Waals surface area (Å²) >= 11 is 1.55. The highest BCUT2D eigenvalue weighted by Gasteiger charge is 2.06. The Balaban J connectivity index is 1.49. The molecule has 0 aliphatic rings. The van der Waals surface area contributed by atoms with E-state index in [1.54, 1.807) is 11.3 Å². The molecule has 1 amide bonds. The second-order valence-corrected chi connectivity index (χ2v) is 5.74. The van der Waals surface area contributed by atoms with Crippen molar-refractivity contribution in [2.75, 3.05) is 11.9 Å². The van der Waals surface area contributed by atoms with Crippen LogP contribution in [0.15, 0.2) is 48.5 Å². The van der Waals surface area contributed by atoms with Crippen LogP contribution in [0.3, 0.4) is 0 Å². The molecule has 1 N–H and O–H groups in total. The van der Waals surface area contributed by atoms with Crippen molar-refractivity contribution in [2.24, 2.45) is 0 Å². The number of nitrogens with one attached hydrogen (secondary N) is 1. The number of para-hydroxylation sites is 1. The Labute approximate surface area is 130 Å². The molecule has 1 aromatic heterocycles. The van der Waals surface area contributed by atoms with E-state index in [-0.39, 0.29) is 24.9 Å². The lowest BCUT2D eigenvalue weighted by atomic mass is 10.3. The number of ether oxygens (including phenoxy) is 1. The number of anilines is 1. The molecule has 0 bridgehead atoms. The van der Waals surface area contributed by atoms with Gasteiger partial charge in [0.1, 0.15) is 17.4 Å². The van der Waals surface area contributed by atoms with Crippen LogP contribution < -0.4 is 5.32 Å². The van der Waals surface area contributed by atoms with E-state index in [0.717, 1.165) is 15.2 Å². The summed E-state index contributed by atoms with van der Waals surface area (Å²) in [7, 11) is 0. The van der Waals surface area contributed by atoms with Gasteiger partial charge in [-0.15, -0.1) is 11.3 Å². The lowest BCUT2D eigenvalue weighted by Crippen LogP contribution is -2.18. The van der Waals surface area contributed by atoms with Gasteiger partial charge >= 0.3 is 0 Å². The predicted octanol–water partition coefficient (Wildman–Crippen LogP) is 3.59. The van der Waals surface area contributed by atoms with Crippen molar-refractivity contribution < 1.29 is 13.9 Å². The van der Waals surface area contributed by atoms with E-state index in [9.17, 15) is 9.18 Å². The van der Waals surface area contributed by atoms with Gasteiger partial charge in [-0.2, -0.15) is 0 Å². The summed E-state index contributed by atoms with van der Waals surface area (Å²) in [5.74, 6) is -0.627. The van der Waals surface area contributed by atoms with Gasteiger partial charge in [-0.25, -0.2) is 9.37 Å². The first-order valence-electron chi connectivity index (χ1n) is 6.68. The van der Waals surface area contributed by atoms with Gasteiger partial charge in [0.2, 0.25) is 5.91 Å². The second kappa shape index (κ2) is 6.64. The largest absolute Gasteiger partial charge is 0.364 e. The summed E-state index contributed by atoms with van der Waals surface area (Å²) in [5, 5.41) is 3.46. The number of aromatic nitrogens is 1. The molecule has 0 fully saturated rings. The van der Waals surface area contributed by atoms with E-state index in [1.165, 1.54) is 24.3 Å². The van der Waals surface area contributed by atoms with Crippen LogP contribution in [0, 0.1) is 5.82 Å². The van der Waals surface area contributed by atoms with Crippen molar-refractivity contribution in [1.82, 2.24) is 4.98 Å². The quantitative estimate of drug-likeness (QED) is 0.782. The fraction of sp³-hybridized carbons (Fsp3) is 0.125. The third kappa shape index (κ3) is 3.66. The lowest BCUT2D eigenvalue weighted by molar-refractivity contribution is -0.121. The maximum absolute atomic E-state index is 12.8. The zero-order valence-corrected chi connectivity index (χ0v) is 12.4. The van der Waals surface area contributed by atoms with Crippen LogP contribution in [0.2, 0.25) is 0 Å². The van der Waals surface area contributed by atoms with Crippen molar-refractivity contribution in [1.29, 1.82) is 0 Å². The minimum absolute atomic E-state index is 0.0761. The van der Waals surface area contributed by atoms with Crippen molar-refractivity contribution in [3.63, 3.8) is 0 Å². The molecule has 0 saturated carbocycles. The van der Waals surface area contributed by atoms with Crippen LogP contribution in [0.1, 0.15) is 5.01 Å². The van der Waals surface area contributed by atoms with E-state index in [0.29, 0.717) is 5.69 Å². The summed E-state index contributed by atoms with van der Waals surface area (Å²) in [5.41, 5.74) is 1.47. The molecular weight excluding hydrogens is 303 g/mol. The van der Waals surface area contributed by atoms with Crippen LogP contribution in [-0.2, 0) is 16.1 Å². The number of carbonyl (C=O) groups excluding carboxylic acids is 1. The van der Waals surface area contributed by atoms with Crippen LogP contribution in [0.4, 0.5) is 10.1 Å². The van der Waals surface area contributed by atoms with E-state index < -0.39 is 0 Å². The maximum Gasteiger partial charge on any atom is 0.250 e. The number of hydrogen-bond donors (Lipinski definition) is 1. The van der Waals surface area contributed by atoms with Crippen LogP contribution in [-0.4, -0.2) is 17.5 Å². The molecule has 6 heteroatoms. The van der Waals surface area contributed by atoms with Gasteiger partial charge in [-0.3, -0.25) is 4.79 Å². The molecule has 0 aliphatic heterocycles. The number of fused-ring (bicyclic) bond motifs is 1. The van der Waals surface area contributed by atoms with E-state index in [1.807, 2.05) is 24.3 Å². The number of amides is 1. The normalized spacial score (nSPS) is 10.8. The molecule has 0 radical (unpaired) electrons. The predicted molar refractivity (Wildman–Crippen MR) is 84.3 cm³/mol. The van der Waals surface area contributed by atoms with Crippen molar-refractivity contribution in [3.8, 4) is 0 Å². The van der Waals surface area contributed by atoms with Gasteiger partial charge in [0.25, 0.3) is 0 Å². The average molecular weight is 316 g/mol. The van der Waals surface area contributed by atoms with E-state index >= 15 is 0 Å². The first kappa shape index (κ1) is 14.6. The first-order valence-corrected chi connectivity index (χ1v) is 7.50. The second-order valence-electron chi connectivity index (χ2n) is 4.62. The van der Waals surface area contributed by atoms with E-state index in [4.69, 9.17) is 4.74 Å². The average Bonchev–Trinajstić information content (AvgIpc) is 2.92. The van der Waals surface area contributed by atoms with Gasteiger partial charge in [0, 0.05) is 5.69 Å². The molecule has 0 atom stereocenters. The number of thiazole rings is 1. The molecule has 0 spiro atoms. The summed E-state index contributed by atoms with van der Waals surface area (Å²) < 4.78 is 19.2. The molecule has 1 heterocycles. The number of hydrogen-bond acceptors (Lipinski definition) is 4. The Kier molecular flexibility index (Phi) is 4.41. The minimum Gasteiger partial charge on any atom is -0.364 e. The Morgan fingerprint density at radius 2 is 1.95 bits per heavy atom. The van der Waals surface area contributed by atoms with E-state index in [2.05, 4.69) is 10.3 Å². The highest BCUT2D eigenvalue weighted by Crippen LogP contribution is 2.21. The molecule has 112 valence electrons. The molecule has 0 unspecified atom stereocenters. The fourth-order valence-corrected chi connectivity index (χ4v) is 2.85. The van der Waals surface area contributed by atoms with Crippen molar-refractivity contribution >= 4 is 33.1 Å². The van der Waals surface area contributed by atoms with Gasteiger partial charge in [-0.05, 0) is 36.4 Å². The Morgan fingerprint density at radius 3 is 2.73 bits per heavy atom. The molecule has 3 rings (SSSR count). The summed E-state index contributed by atoms with van der Waals surface area (Å²) in [6.07, 6.45) is 0. The number of halogens is 1. The van der Waals surface area contributed by atoms with Gasteiger partial charge < -0.3 is 10.1 Å². The fourth-order valence-electron chi connectivity index (χ4n) is 1.94. The third-order valence-electron chi connectivity index (χ3n) is 2.92. The monoisotopic (exact) mass is 316 g/mol. The standard InChI is InChI=1S/C16H13FN2O2S/c17-11-5-7-12(8-6-11)18-15(20)9-21-10-16-19-13-3-1-2-4-14(13)22-16/h1-8H,9-10H2,(H,18,20). The summed E-state index contributed by atoms with van der Waals surface area (Å²) in [6.45, 7) is 0.212.